The summed E-state index contributed by atoms with van der Waals surface area (Å²) in [7, 11) is 0. The number of aromatic hydroxyl groups is 1. The summed E-state index contributed by atoms with van der Waals surface area (Å²) < 4.78 is 4.75. The average molecular weight is 301 g/mol. The molecule has 0 atom stereocenters. The molecule has 112 valence electrons. The number of allylic oxidation sites excluding steroid dienone is 1. The molecule has 22 heavy (non-hydrogen) atoms. The minimum Gasteiger partial charge on any atom is -0.507 e. The molecule has 0 aliphatic rings. The molecule has 0 saturated carbocycles. The van der Waals surface area contributed by atoms with Gasteiger partial charge in [0.1, 0.15) is 17.1 Å². The molecule has 2 aromatic rings. The van der Waals surface area contributed by atoms with E-state index >= 15 is 0 Å². The topological polar surface area (TPSA) is 111 Å². The molecule has 0 aliphatic heterocycles. The van der Waals surface area contributed by atoms with Gasteiger partial charge in [0, 0.05) is 12.1 Å². The first-order chi connectivity index (χ1) is 10.4. The van der Waals surface area contributed by atoms with Gasteiger partial charge in [0.2, 0.25) is 0 Å². The smallest absolute Gasteiger partial charge is 0.351 e. The first-order valence-corrected chi connectivity index (χ1v) is 6.19. The predicted molar refractivity (Wildman–Crippen MR) is 77.8 cm³/mol. The lowest BCUT2D eigenvalue weighted by atomic mass is 10.1. The minimum absolute atomic E-state index is 0.168. The van der Waals surface area contributed by atoms with Crippen LogP contribution in [0.5, 0.6) is 5.75 Å². The summed E-state index contributed by atoms with van der Waals surface area (Å²) in [5, 5.41) is 20.5. The second kappa shape index (κ2) is 6.04. The second-order valence-electron chi connectivity index (χ2n) is 4.42. The van der Waals surface area contributed by atoms with Crippen LogP contribution in [0.3, 0.4) is 0 Å². The quantitative estimate of drug-likeness (QED) is 0.402. The molecular weight excluding hydrogens is 290 g/mol. The number of carbonyl (C=O) groups is 1. The molecule has 0 saturated heterocycles. The lowest BCUT2D eigenvalue weighted by Crippen LogP contribution is -2.13. The van der Waals surface area contributed by atoms with E-state index in [0.29, 0.717) is 0 Å². The summed E-state index contributed by atoms with van der Waals surface area (Å²) in [6.45, 7) is 1.46. The van der Waals surface area contributed by atoms with Gasteiger partial charge in [0.05, 0.1) is 10.5 Å². The van der Waals surface area contributed by atoms with E-state index in [0.717, 1.165) is 12.1 Å². The molecule has 0 bridgehead atoms. The van der Waals surface area contributed by atoms with Crippen molar-refractivity contribution in [3.63, 3.8) is 0 Å². The number of nitrogens with zero attached hydrogens (tertiary/aromatic N) is 1. The number of rotatable bonds is 4. The molecule has 7 heteroatoms. The Morgan fingerprint density at radius 3 is 2.68 bits per heavy atom. The van der Waals surface area contributed by atoms with E-state index in [2.05, 4.69) is 0 Å². The predicted octanol–water partition coefficient (Wildman–Crippen LogP) is 2.46. The van der Waals surface area contributed by atoms with E-state index in [4.69, 9.17) is 4.42 Å². The van der Waals surface area contributed by atoms with Crippen molar-refractivity contribution < 1.29 is 19.2 Å². The first-order valence-electron chi connectivity index (χ1n) is 6.19. The molecular formula is C15H11NO6. The number of benzene rings is 1. The number of carbonyl (C=O) groups excluding carboxylic acids is 1. The number of nitro benzene ring substituents is 1. The van der Waals surface area contributed by atoms with Crippen molar-refractivity contribution in [3.8, 4) is 5.75 Å². The Morgan fingerprint density at radius 2 is 2.05 bits per heavy atom. The summed E-state index contributed by atoms with van der Waals surface area (Å²) in [4.78, 5) is 33.9. The number of aryl methyl sites for hydroxylation is 1. The third-order valence-corrected chi connectivity index (χ3v) is 2.85. The van der Waals surface area contributed by atoms with Gasteiger partial charge in [0.15, 0.2) is 5.78 Å². The first kappa shape index (κ1) is 15.2. The van der Waals surface area contributed by atoms with Gasteiger partial charge in [-0.2, -0.15) is 0 Å². The highest BCUT2D eigenvalue weighted by Gasteiger charge is 2.16. The van der Waals surface area contributed by atoms with Gasteiger partial charge >= 0.3 is 5.63 Å². The van der Waals surface area contributed by atoms with Gasteiger partial charge in [-0.15, -0.1) is 0 Å². The van der Waals surface area contributed by atoms with Gasteiger partial charge in [-0.3, -0.25) is 14.9 Å². The van der Waals surface area contributed by atoms with E-state index in [9.17, 15) is 24.8 Å². The third-order valence-electron chi connectivity index (χ3n) is 2.85. The Kier molecular flexibility index (Phi) is 4.17. The maximum Gasteiger partial charge on any atom is 0.351 e. The maximum absolute atomic E-state index is 12.0. The number of nitro groups is 1. The molecule has 0 unspecified atom stereocenters. The molecule has 7 nitrogen and oxygen atoms in total. The van der Waals surface area contributed by atoms with Crippen LogP contribution in [0.2, 0.25) is 0 Å². The van der Waals surface area contributed by atoms with E-state index in [1.54, 1.807) is 6.07 Å². The summed E-state index contributed by atoms with van der Waals surface area (Å²) in [6, 6.07) is 6.97. The van der Waals surface area contributed by atoms with Crippen molar-refractivity contribution >= 4 is 17.5 Å². The molecule has 1 N–H and O–H groups in total. The zero-order valence-corrected chi connectivity index (χ0v) is 11.5. The van der Waals surface area contributed by atoms with Crippen molar-refractivity contribution in [1.82, 2.24) is 0 Å². The zero-order valence-electron chi connectivity index (χ0n) is 11.5. The van der Waals surface area contributed by atoms with Crippen LogP contribution >= 0.6 is 0 Å². The highest BCUT2D eigenvalue weighted by Crippen LogP contribution is 2.20. The van der Waals surface area contributed by atoms with Crippen LogP contribution in [0.4, 0.5) is 5.69 Å². The molecule has 0 amide bonds. The van der Waals surface area contributed by atoms with Crippen LogP contribution in [-0.4, -0.2) is 15.8 Å². The molecule has 1 aromatic carbocycles. The monoisotopic (exact) mass is 301 g/mol. The zero-order chi connectivity index (χ0) is 16.3. The largest absolute Gasteiger partial charge is 0.507 e. The Bertz CT molecular complexity index is 834. The van der Waals surface area contributed by atoms with E-state index in [1.807, 2.05) is 0 Å². The number of para-hydroxylation sites is 1. The molecule has 0 spiro atoms. The molecule has 0 fully saturated rings. The van der Waals surface area contributed by atoms with Crippen molar-refractivity contribution in [2.24, 2.45) is 0 Å². The summed E-state index contributed by atoms with van der Waals surface area (Å²) in [5.74, 6) is -1.13. The highest BCUT2D eigenvalue weighted by atomic mass is 16.6. The Balaban J connectivity index is 2.38. The Morgan fingerprint density at radius 1 is 1.36 bits per heavy atom. The minimum atomic E-state index is -0.963. The Labute approximate surface area is 124 Å². The van der Waals surface area contributed by atoms with Crippen LogP contribution in [0, 0.1) is 17.0 Å². The molecule has 1 aromatic heterocycles. The summed E-state index contributed by atoms with van der Waals surface area (Å²) in [6.07, 6.45) is 2.18. The number of hydrogen-bond donors (Lipinski definition) is 1. The van der Waals surface area contributed by atoms with Gasteiger partial charge in [-0.1, -0.05) is 12.1 Å². The van der Waals surface area contributed by atoms with E-state index < -0.39 is 27.6 Å². The standard InChI is InChI=1S/C15H11NO6/c1-9-8-13(18)14(15(19)22-9)12(17)7-6-10-4-2-3-5-11(10)16(20)21/h2-8,18H,1H3. The fourth-order valence-corrected chi connectivity index (χ4v) is 1.87. The SMILES string of the molecule is Cc1cc(O)c(C(=O)C=Cc2ccccc2[N+](=O)[O-])c(=O)o1. The lowest BCUT2D eigenvalue weighted by molar-refractivity contribution is -0.385. The van der Waals surface area contributed by atoms with Crippen LogP contribution in [0.1, 0.15) is 21.7 Å². The maximum atomic E-state index is 12.0. The molecule has 0 radical (unpaired) electrons. The fraction of sp³-hybridized carbons (Fsp3) is 0.0667. The molecule has 0 aliphatic carbocycles. The van der Waals surface area contributed by atoms with Crippen molar-refractivity contribution in [3.05, 3.63) is 73.8 Å². The highest BCUT2D eigenvalue weighted by molar-refractivity contribution is 6.08. The van der Waals surface area contributed by atoms with Crippen LogP contribution in [-0.2, 0) is 0 Å². The normalized spacial score (nSPS) is 10.8. The van der Waals surface area contributed by atoms with Crippen LogP contribution < -0.4 is 5.63 Å². The molecule has 1 heterocycles. The van der Waals surface area contributed by atoms with E-state index in [1.165, 1.54) is 31.2 Å². The Hall–Kier alpha value is -3.22. The third kappa shape index (κ3) is 3.09. The van der Waals surface area contributed by atoms with Gasteiger partial charge in [-0.25, -0.2) is 4.79 Å². The average Bonchev–Trinajstić information content (AvgIpc) is 2.44. The second-order valence-corrected chi connectivity index (χ2v) is 4.42. The van der Waals surface area contributed by atoms with Gasteiger partial charge < -0.3 is 9.52 Å². The number of hydrogen-bond acceptors (Lipinski definition) is 6. The summed E-state index contributed by atoms with van der Waals surface area (Å²) >= 11 is 0. The van der Waals surface area contributed by atoms with Crippen molar-refractivity contribution in [2.45, 2.75) is 6.92 Å². The summed E-state index contributed by atoms with van der Waals surface area (Å²) in [5.41, 5.74) is -1.45. The van der Waals surface area contributed by atoms with Crippen LogP contribution in [0.25, 0.3) is 6.08 Å². The van der Waals surface area contributed by atoms with Crippen molar-refractivity contribution in [1.29, 1.82) is 0 Å². The lowest BCUT2D eigenvalue weighted by Gasteiger charge is -2.00. The molecule has 2 rings (SSSR count). The van der Waals surface area contributed by atoms with Gasteiger partial charge in [0.25, 0.3) is 5.69 Å². The number of ketones is 1. The van der Waals surface area contributed by atoms with E-state index in [-0.39, 0.29) is 17.0 Å². The van der Waals surface area contributed by atoms with Gasteiger partial charge in [-0.05, 0) is 25.1 Å². The fourth-order valence-electron chi connectivity index (χ4n) is 1.87. The van der Waals surface area contributed by atoms with Crippen LogP contribution in [0.15, 0.2) is 45.6 Å². The van der Waals surface area contributed by atoms with Crippen molar-refractivity contribution in [2.75, 3.05) is 0 Å².